The van der Waals surface area contributed by atoms with Gasteiger partial charge in [0.15, 0.2) is 0 Å². The van der Waals surface area contributed by atoms with Gasteiger partial charge in [0.25, 0.3) is 0 Å². The van der Waals surface area contributed by atoms with Gasteiger partial charge in [-0.05, 0) is 17.9 Å². The van der Waals surface area contributed by atoms with Crippen LogP contribution < -0.4 is 5.73 Å². The topological polar surface area (TPSA) is 46.2 Å². The summed E-state index contributed by atoms with van der Waals surface area (Å²) in [6.45, 7) is 5.95. The molecule has 0 spiro atoms. The summed E-state index contributed by atoms with van der Waals surface area (Å²) in [6, 6.07) is 4.39. The number of aliphatic hydroxyl groups excluding tert-OH is 1. The van der Waals surface area contributed by atoms with E-state index in [1.54, 1.807) is 6.07 Å². The highest BCUT2D eigenvalue weighted by Gasteiger charge is 2.25. The second-order valence-corrected chi connectivity index (χ2v) is 5.77. The van der Waals surface area contributed by atoms with E-state index in [4.69, 9.17) is 17.3 Å². The van der Waals surface area contributed by atoms with Gasteiger partial charge >= 0.3 is 0 Å². The van der Waals surface area contributed by atoms with Crippen molar-refractivity contribution < 1.29 is 9.50 Å². The van der Waals surface area contributed by atoms with Crippen LogP contribution in [0.15, 0.2) is 18.2 Å². The van der Waals surface area contributed by atoms with Crippen LogP contribution in [-0.4, -0.2) is 11.1 Å². The summed E-state index contributed by atoms with van der Waals surface area (Å²) >= 11 is 5.67. The molecule has 0 saturated carbocycles. The van der Waals surface area contributed by atoms with Gasteiger partial charge in [-0.15, -0.1) is 12.4 Å². The number of benzene rings is 1. The summed E-state index contributed by atoms with van der Waals surface area (Å²) in [7, 11) is 0. The highest BCUT2D eigenvalue weighted by molar-refractivity contribution is 6.30. The Morgan fingerprint density at radius 2 is 1.94 bits per heavy atom. The van der Waals surface area contributed by atoms with Gasteiger partial charge in [-0.25, -0.2) is 4.39 Å². The molecule has 2 nitrogen and oxygen atoms in total. The van der Waals surface area contributed by atoms with Crippen LogP contribution in [0.2, 0.25) is 5.02 Å². The van der Waals surface area contributed by atoms with Crippen molar-refractivity contribution in [1.29, 1.82) is 0 Å². The highest BCUT2D eigenvalue weighted by atomic mass is 35.5. The second-order valence-electron chi connectivity index (χ2n) is 5.37. The van der Waals surface area contributed by atoms with Crippen molar-refractivity contribution in [1.82, 2.24) is 0 Å². The maximum Gasteiger partial charge on any atom is 0.147 e. The van der Waals surface area contributed by atoms with Crippen LogP contribution in [-0.2, 0) is 0 Å². The maximum atomic E-state index is 13.7. The molecular weight excluding hydrogens is 276 g/mol. The van der Waals surface area contributed by atoms with Crippen molar-refractivity contribution >= 4 is 24.0 Å². The number of rotatable bonds is 3. The van der Waals surface area contributed by atoms with Gasteiger partial charge in [0, 0.05) is 11.6 Å². The molecule has 0 radical (unpaired) electrons. The highest BCUT2D eigenvalue weighted by Crippen LogP contribution is 2.29. The van der Waals surface area contributed by atoms with Crippen LogP contribution in [0.3, 0.4) is 0 Å². The van der Waals surface area contributed by atoms with Crippen LogP contribution in [0.25, 0.3) is 0 Å². The van der Waals surface area contributed by atoms with Crippen molar-refractivity contribution in [2.75, 3.05) is 0 Å². The molecule has 1 aromatic rings. The average molecular weight is 296 g/mol. The van der Waals surface area contributed by atoms with E-state index in [0.717, 1.165) is 0 Å². The van der Waals surface area contributed by atoms with E-state index in [9.17, 15) is 9.50 Å². The van der Waals surface area contributed by atoms with Crippen molar-refractivity contribution in [2.24, 2.45) is 11.1 Å². The first-order chi connectivity index (χ1) is 7.73. The second kappa shape index (κ2) is 6.71. The fourth-order valence-electron chi connectivity index (χ4n) is 1.50. The third kappa shape index (κ3) is 4.39. The van der Waals surface area contributed by atoms with Gasteiger partial charge in [0.05, 0.1) is 11.1 Å². The Bertz CT molecular complexity index is 393. The normalized spacial score (nSPS) is 14.8. The van der Waals surface area contributed by atoms with E-state index < -0.39 is 11.9 Å². The smallest absolute Gasteiger partial charge is 0.147 e. The van der Waals surface area contributed by atoms with Crippen molar-refractivity contribution in [3.05, 3.63) is 34.6 Å². The van der Waals surface area contributed by atoms with Crippen molar-refractivity contribution in [2.45, 2.75) is 39.3 Å². The van der Waals surface area contributed by atoms with E-state index in [1.165, 1.54) is 12.1 Å². The van der Waals surface area contributed by atoms with E-state index in [2.05, 4.69) is 0 Å². The van der Waals surface area contributed by atoms with Crippen LogP contribution in [0.5, 0.6) is 0 Å². The fraction of sp³-hybridized carbons (Fsp3) is 0.538. The third-order valence-corrected chi connectivity index (χ3v) is 3.22. The molecule has 0 bridgehead atoms. The zero-order valence-corrected chi connectivity index (χ0v) is 12.4. The van der Waals surface area contributed by atoms with Gasteiger partial charge < -0.3 is 10.8 Å². The first kappa shape index (κ1) is 17.6. The van der Waals surface area contributed by atoms with Crippen molar-refractivity contribution in [3.63, 3.8) is 0 Å². The van der Waals surface area contributed by atoms with E-state index in [0.29, 0.717) is 6.42 Å². The molecule has 18 heavy (non-hydrogen) atoms. The minimum absolute atomic E-state index is 0. The van der Waals surface area contributed by atoms with Crippen LogP contribution >= 0.6 is 24.0 Å². The summed E-state index contributed by atoms with van der Waals surface area (Å²) in [5.74, 6) is -0.567. The van der Waals surface area contributed by atoms with Gasteiger partial charge in [-0.3, -0.25) is 0 Å². The first-order valence-corrected chi connectivity index (χ1v) is 5.99. The lowest BCUT2D eigenvalue weighted by Gasteiger charge is -2.29. The summed E-state index contributed by atoms with van der Waals surface area (Å²) in [5, 5.41) is 10.0. The quantitative estimate of drug-likeness (QED) is 0.893. The number of aliphatic hydroxyl groups is 1. The molecule has 104 valence electrons. The Labute approximate surface area is 119 Å². The molecule has 5 heteroatoms. The van der Waals surface area contributed by atoms with Crippen molar-refractivity contribution in [3.8, 4) is 0 Å². The molecular formula is C13H20Cl2FNO. The van der Waals surface area contributed by atoms with Gasteiger partial charge in [-0.1, -0.05) is 44.5 Å². The summed E-state index contributed by atoms with van der Waals surface area (Å²) in [5.41, 5.74) is 6.04. The van der Waals surface area contributed by atoms with Gasteiger partial charge in [0.1, 0.15) is 5.82 Å². The van der Waals surface area contributed by atoms with E-state index >= 15 is 0 Å². The lowest BCUT2D eigenvalue weighted by Crippen LogP contribution is -2.36. The molecule has 2 atom stereocenters. The molecule has 0 aromatic heterocycles. The summed E-state index contributed by atoms with van der Waals surface area (Å²) < 4.78 is 13.7. The average Bonchev–Trinajstić information content (AvgIpc) is 2.20. The molecule has 0 saturated heterocycles. The molecule has 0 aliphatic rings. The molecule has 0 heterocycles. The fourth-order valence-corrected chi connectivity index (χ4v) is 1.68. The minimum atomic E-state index is -0.928. The third-order valence-electron chi connectivity index (χ3n) is 2.93. The maximum absolute atomic E-state index is 13.7. The number of nitrogens with two attached hydrogens (primary N) is 1. The minimum Gasteiger partial charge on any atom is -0.388 e. The zero-order chi connectivity index (χ0) is 13.2. The molecule has 0 unspecified atom stereocenters. The lowest BCUT2D eigenvalue weighted by molar-refractivity contribution is 0.130. The molecule has 0 fully saturated rings. The standard InChI is InChI=1S/C13H19ClFNO.ClH/c1-13(2,3)11(16)7-10(17)8-5-4-6-9(14)12(8)15;/h4-6,10-11,17H,7,16H2,1-3H3;1H/t10-,11-;/m0./s1. The number of halogens is 3. The number of hydrogen-bond donors (Lipinski definition) is 2. The van der Waals surface area contributed by atoms with E-state index in [-0.39, 0.29) is 34.4 Å². The molecule has 3 N–H and O–H groups in total. The summed E-state index contributed by atoms with van der Waals surface area (Å²) in [6.07, 6.45) is -0.622. The predicted octanol–water partition coefficient (Wildman–Crippen LogP) is 3.70. The Morgan fingerprint density at radius 3 is 2.44 bits per heavy atom. The first-order valence-electron chi connectivity index (χ1n) is 5.61. The molecule has 0 aliphatic heterocycles. The van der Waals surface area contributed by atoms with Gasteiger partial charge in [-0.2, -0.15) is 0 Å². The molecule has 1 aromatic carbocycles. The van der Waals surface area contributed by atoms with Crippen LogP contribution in [0, 0.1) is 11.2 Å². The lowest BCUT2D eigenvalue weighted by atomic mass is 9.83. The molecule has 0 aliphatic carbocycles. The Hall–Kier alpha value is -0.350. The monoisotopic (exact) mass is 295 g/mol. The largest absolute Gasteiger partial charge is 0.388 e. The number of hydrogen-bond acceptors (Lipinski definition) is 2. The Morgan fingerprint density at radius 1 is 1.39 bits per heavy atom. The van der Waals surface area contributed by atoms with Crippen LogP contribution in [0.1, 0.15) is 38.9 Å². The SMILES string of the molecule is CC(C)(C)[C@@H](N)C[C@H](O)c1cccc(Cl)c1F.Cl. The van der Waals surface area contributed by atoms with Gasteiger partial charge in [0.2, 0.25) is 0 Å². The zero-order valence-electron chi connectivity index (χ0n) is 10.8. The Kier molecular flexibility index (Phi) is 6.58. The molecule has 0 amide bonds. The molecule has 1 rings (SSSR count). The van der Waals surface area contributed by atoms with Crippen LogP contribution in [0.4, 0.5) is 4.39 Å². The van der Waals surface area contributed by atoms with E-state index in [1.807, 2.05) is 20.8 Å². The summed E-state index contributed by atoms with van der Waals surface area (Å²) in [4.78, 5) is 0. The predicted molar refractivity (Wildman–Crippen MR) is 75.7 cm³/mol. The Balaban J connectivity index is 0.00000289.